The monoisotopic (exact) mass is 253 g/mol. The van der Waals surface area contributed by atoms with Crippen molar-refractivity contribution in [1.82, 2.24) is 15.0 Å². The number of rotatable bonds is 4. The van der Waals surface area contributed by atoms with Crippen LogP contribution in [0, 0.1) is 0 Å². The molecular formula is C11H12ClN3O2. The molecule has 0 N–H and O–H groups in total. The minimum absolute atomic E-state index is 0.0796. The van der Waals surface area contributed by atoms with Gasteiger partial charge in [-0.05, 0) is 13.0 Å². The third-order valence-corrected chi connectivity index (χ3v) is 2.39. The highest BCUT2D eigenvalue weighted by Crippen LogP contribution is 2.19. The maximum absolute atomic E-state index is 5.89. The van der Waals surface area contributed by atoms with Crippen molar-refractivity contribution in [2.75, 3.05) is 13.7 Å². The first-order chi connectivity index (χ1) is 8.20. The molecule has 0 saturated carbocycles. The molecule has 1 atom stereocenters. The summed E-state index contributed by atoms with van der Waals surface area (Å²) in [5.74, 6) is 0.448. The molecule has 0 radical (unpaired) electrons. The van der Waals surface area contributed by atoms with E-state index in [0.717, 1.165) is 0 Å². The van der Waals surface area contributed by atoms with Crippen LogP contribution in [-0.4, -0.2) is 34.8 Å². The molecule has 5 nitrogen and oxygen atoms in total. The molecule has 17 heavy (non-hydrogen) atoms. The summed E-state index contributed by atoms with van der Waals surface area (Å²) in [5, 5.41) is 0.339. The minimum atomic E-state index is -0.0796. The van der Waals surface area contributed by atoms with Crippen molar-refractivity contribution < 1.29 is 9.47 Å². The number of hydrogen-bond acceptors (Lipinski definition) is 5. The fourth-order valence-corrected chi connectivity index (χ4v) is 1.63. The zero-order valence-electron chi connectivity index (χ0n) is 9.55. The fourth-order valence-electron chi connectivity index (χ4n) is 1.43. The number of pyridine rings is 1. The Balaban J connectivity index is 2.26. The number of hydrogen-bond donors (Lipinski definition) is 0. The second-order valence-corrected chi connectivity index (χ2v) is 3.92. The summed E-state index contributed by atoms with van der Waals surface area (Å²) in [4.78, 5) is 12.4. The van der Waals surface area contributed by atoms with Crippen LogP contribution in [0.15, 0.2) is 18.5 Å². The van der Waals surface area contributed by atoms with E-state index in [1.807, 2.05) is 6.92 Å². The van der Waals surface area contributed by atoms with Crippen LogP contribution < -0.4 is 4.74 Å². The lowest BCUT2D eigenvalue weighted by Gasteiger charge is -2.12. The topological polar surface area (TPSA) is 57.1 Å². The van der Waals surface area contributed by atoms with Crippen LogP contribution in [0.4, 0.5) is 0 Å². The van der Waals surface area contributed by atoms with Gasteiger partial charge < -0.3 is 9.47 Å². The standard InChI is InChI=1S/C11H12ClN3O2/c1-7(6-16-2)17-9-5-14-10-8(15-9)3-4-13-11(10)12/h3-5,7H,6H2,1-2H3/t7-/m0/s1. The highest BCUT2D eigenvalue weighted by Gasteiger charge is 2.08. The molecule has 2 aromatic rings. The fraction of sp³-hybridized carbons (Fsp3) is 0.364. The van der Waals surface area contributed by atoms with Gasteiger partial charge in [0.05, 0.1) is 18.3 Å². The molecule has 0 aliphatic heterocycles. The average molecular weight is 254 g/mol. The van der Waals surface area contributed by atoms with Crippen molar-refractivity contribution >= 4 is 22.6 Å². The van der Waals surface area contributed by atoms with Gasteiger partial charge in [0.15, 0.2) is 5.15 Å². The lowest BCUT2D eigenvalue weighted by molar-refractivity contribution is 0.0889. The van der Waals surface area contributed by atoms with E-state index in [4.69, 9.17) is 21.1 Å². The summed E-state index contributed by atoms with van der Waals surface area (Å²) < 4.78 is 10.5. The van der Waals surface area contributed by atoms with E-state index in [-0.39, 0.29) is 6.10 Å². The predicted octanol–water partition coefficient (Wildman–Crippen LogP) is 2.09. The molecular weight excluding hydrogens is 242 g/mol. The minimum Gasteiger partial charge on any atom is -0.471 e. The van der Waals surface area contributed by atoms with Gasteiger partial charge in [0.25, 0.3) is 0 Å². The van der Waals surface area contributed by atoms with Crippen molar-refractivity contribution in [2.24, 2.45) is 0 Å². The van der Waals surface area contributed by atoms with Crippen molar-refractivity contribution in [3.05, 3.63) is 23.6 Å². The number of halogens is 1. The highest BCUT2D eigenvalue weighted by atomic mass is 35.5. The first kappa shape index (κ1) is 12.0. The van der Waals surface area contributed by atoms with E-state index in [1.165, 1.54) is 6.20 Å². The van der Waals surface area contributed by atoms with Crippen LogP contribution in [0.3, 0.4) is 0 Å². The van der Waals surface area contributed by atoms with Crippen LogP contribution in [0.25, 0.3) is 11.0 Å². The van der Waals surface area contributed by atoms with Crippen LogP contribution in [0.2, 0.25) is 5.15 Å². The van der Waals surface area contributed by atoms with E-state index < -0.39 is 0 Å². The summed E-state index contributed by atoms with van der Waals surface area (Å²) >= 11 is 5.89. The SMILES string of the molecule is COC[C@H](C)Oc1cnc2c(Cl)nccc2n1. The van der Waals surface area contributed by atoms with E-state index in [1.54, 1.807) is 19.4 Å². The van der Waals surface area contributed by atoms with Gasteiger partial charge in [0.2, 0.25) is 5.88 Å². The van der Waals surface area contributed by atoms with E-state index in [2.05, 4.69) is 15.0 Å². The molecule has 6 heteroatoms. The Morgan fingerprint density at radius 2 is 2.24 bits per heavy atom. The molecule has 2 rings (SSSR count). The summed E-state index contributed by atoms with van der Waals surface area (Å²) in [6, 6.07) is 1.74. The second kappa shape index (κ2) is 5.25. The Labute approximate surface area is 104 Å². The van der Waals surface area contributed by atoms with Crippen LogP contribution in [0.1, 0.15) is 6.92 Å². The Morgan fingerprint density at radius 1 is 1.41 bits per heavy atom. The summed E-state index contributed by atoms with van der Waals surface area (Å²) in [6.07, 6.45) is 3.04. The van der Waals surface area contributed by atoms with Crippen LogP contribution in [-0.2, 0) is 4.74 Å². The summed E-state index contributed by atoms with van der Waals surface area (Å²) in [6.45, 7) is 2.39. The molecule has 0 unspecified atom stereocenters. The predicted molar refractivity (Wildman–Crippen MR) is 64.3 cm³/mol. The van der Waals surface area contributed by atoms with Gasteiger partial charge in [0.1, 0.15) is 11.6 Å². The number of ether oxygens (including phenoxy) is 2. The highest BCUT2D eigenvalue weighted by molar-refractivity contribution is 6.33. The lowest BCUT2D eigenvalue weighted by Crippen LogP contribution is -2.18. The van der Waals surface area contributed by atoms with Crippen molar-refractivity contribution in [1.29, 1.82) is 0 Å². The zero-order valence-corrected chi connectivity index (χ0v) is 10.3. The number of nitrogens with zero attached hydrogens (tertiary/aromatic N) is 3. The van der Waals surface area contributed by atoms with E-state index >= 15 is 0 Å². The van der Waals surface area contributed by atoms with E-state index in [0.29, 0.717) is 28.7 Å². The smallest absolute Gasteiger partial charge is 0.233 e. The number of fused-ring (bicyclic) bond motifs is 1. The van der Waals surface area contributed by atoms with Crippen LogP contribution in [0.5, 0.6) is 5.88 Å². The number of methoxy groups -OCH3 is 1. The maximum Gasteiger partial charge on any atom is 0.233 e. The molecule has 2 aromatic heterocycles. The molecule has 0 aromatic carbocycles. The van der Waals surface area contributed by atoms with Gasteiger partial charge in [-0.1, -0.05) is 11.6 Å². The largest absolute Gasteiger partial charge is 0.471 e. The van der Waals surface area contributed by atoms with Gasteiger partial charge in [-0.2, -0.15) is 0 Å². The first-order valence-electron chi connectivity index (χ1n) is 5.13. The summed E-state index contributed by atoms with van der Waals surface area (Å²) in [5.41, 5.74) is 1.23. The third-order valence-electron chi connectivity index (χ3n) is 2.12. The molecule has 90 valence electrons. The molecule has 0 spiro atoms. The molecule has 2 heterocycles. The Bertz CT molecular complexity index is 521. The zero-order chi connectivity index (χ0) is 12.3. The van der Waals surface area contributed by atoms with Gasteiger partial charge in [0, 0.05) is 13.3 Å². The van der Waals surface area contributed by atoms with Gasteiger partial charge in [-0.25, -0.2) is 15.0 Å². The summed E-state index contributed by atoms with van der Waals surface area (Å²) in [7, 11) is 1.62. The van der Waals surface area contributed by atoms with Gasteiger partial charge in [-0.3, -0.25) is 0 Å². The number of aromatic nitrogens is 3. The average Bonchev–Trinajstić information content (AvgIpc) is 2.29. The molecule has 0 aliphatic rings. The normalized spacial score (nSPS) is 12.6. The van der Waals surface area contributed by atoms with Gasteiger partial charge >= 0.3 is 0 Å². The van der Waals surface area contributed by atoms with Crippen molar-refractivity contribution in [3.8, 4) is 5.88 Å². The maximum atomic E-state index is 5.89. The lowest BCUT2D eigenvalue weighted by atomic mass is 10.4. The molecule has 0 bridgehead atoms. The van der Waals surface area contributed by atoms with Crippen molar-refractivity contribution in [2.45, 2.75) is 13.0 Å². The molecule has 0 aliphatic carbocycles. The Hall–Kier alpha value is -1.46. The van der Waals surface area contributed by atoms with Crippen LogP contribution >= 0.6 is 11.6 Å². The third kappa shape index (κ3) is 2.81. The van der Waals surface area contributed by atoms with Crippen molar-refractivity contribution in [3.63, 3.8) is 0 Å². The Kier molecular flexibility index (Phi) is 3.71. The first-order valence-corrected chi connectivity index (χ1v) is 5.51. The molecule has 0 fully saturated rings. The van der Waals surface area contributed by atoms with Gasteiger partial charge in [-0.15, -0.1) is 0 Å². The molecule has 0 amide bonds. The quantitative estimate of drug-likeness (QED) is 0.781. The Morgan fingerprint density at radius 3 is 3.00 bits per heavy atom. The second-order valence-electron chi connectivity index (χ2n) is 3.56. The van der Waals surface area contributed by atoms with E-state index in [9.17, 15) is 0 Å². The molecule has 0 saturated heterocycles.